The van der Waals surface area contributed by atoms with Crippen molar-refractivity contribution in [2.24, 2.45) is 0 Å². The molecule has 0 spiro atoms. The molecule has 0 amide bonds. The zero-order valence-electron chi connectivity index (χ0n) is 18.4. The molecule has 0 saturated heterocycles. The Bertz CT molecular complexity index is 985. The first-order valence-electron chi connectivity index (χ1n) is 10.5. The summed E-state index contributed by atoms with van der Waals surface area (Å²) in [4.78, 5) is 6.40. The number of aromatic nitrogens is 3. The van der Waals surface area contributed by atoms with E-state index in [4.69, 9.17) is 0 Å². The normalized spacial score (nSPS) is 12.2. The molecular weight excluding hydrogens is 401 g/mol. The van der Waals surface area contributed by atoms with Crippen molar-refractivity contribution < 1.29 is 13.2 Å². The molecule has 7 heteroatoms. The molecule has 166 valence electrons. The van der Waals surface area contributed by atoms with Crippen LogP contribution in [0.3, 0.4) is 0 Å². The summed E-state index contributed by atoms with van der Waals surface area (Å²) in [5.41, 5.74) is 2.67. The molecule has 0 aliphatic heterocycles. The van der Waals surface area contributed by atoms with E-state index in [2.05, 4.69) is 72.0 Å². The van der Waals surface area contributed by atoms with Crippen molar-refractivity contribution >= 4 is 11.4 Å². The fraction of sp³-hybridized carbons (Fsp3) is 0.417. The van der Waals surface area contributed by atoms with Gasteiger partial charge < -0.3 is 15.1 Å². The third-order valence-electron chi connectivity index (χ3n) is 5.18. The van der Waals surface area contributed by atoms with Gasteiger partial charge in [-0.2, -0.15) is 13.2 Å². The van der Waals surface area contributed by atoms with Gasteiger partial charge in [0.05, 0.1) is 5.69 Å². The van der Waals surface area contributed by atoms with Crippen LogP contribution in [0.4, 0.5) is 24.5 Å². The lowest BCUT2D eigenvalue weighted by molar-refractivity contribution is -0.141. The molecular formula is C24H28F3N4-. The van der Waals surface area contributed by atoms with Gasteiger partial charge in [-0.1, -0.05) is 58.4 Å². The summed E-state index contributed by atoms with van der Waals surface area (Å²) >= 11 is 0. The van der Waals surface area contributed by atoms with Gasteiger partial charge in [0.15, 0.2) is 0 Å². The molecule has 0 unspecified atom stereocenters. The number of nitrogens with zero attached hydrogens (tertiary/aromatic N) is 4. The summed E-state index contributed by atoms with van der Waals surface area (Å²) in [6, 6.07) is 13.0. The number of unbranched alkanes of at least 4 members (excludes halogenated alkanes) is 2. The number of hydrogen-bond acceptors (Lipinski definition) is 3. The Labute approximate surface area is 181 Å². The Balaban J connectivity index is 1.94. The van der Waals surface area contributed by atoms with Crippen molar-refractivity contribution in [2.45, 2.75) is 58.5 Å². The minimum atomic E-state index is -4.52. The Kier molecular flexibility index (Phi) is 6.72. The number of alkyl halides is 3. The molecule has 2 heterocycles. The van der Waals surface area contributed by atoms with E-state index in [9.17, 15) is 13.2 Å². The Hall–Kier alpha value is -2.83. The van der Waals surface area contributed by atoms with Gasteiger partial charge in [-0.05, 0) is 47.7 Å². The average Bonchev–Trinajstić information content (AvgIpc) is 3.22. The van der Waals surface area contributed by atoms with Crippen LogP contribution in [-0.2, 0) is 11.6 Å². The molecule has 0 fully saturated rings. The minimum Gasteiger partial charge on any atom is -0.573 e. The van der Waals surface area contributed by atoms with Crippen LogP contribution in [0.1, 0.15) is 58.2 Å². The lowest BCUT2D eigenvalue weighted by Crippen LogP contribution is -2.19. The van der Waals surface area contributed by atoms with Crippen molar-refractivity contribution in [3.8, 4) is 11.4 Å². The van der Waals surface area contributed by atoms with Crippen molar-refractivity contribution in [1.29, 1.82) is 0 Å². The molecule has 0 bridgehead atoms. The molecule has 0 atom stereocenters. The first-order valence-corrected chi connectivity index (χ1v) is 10.5. The molecule has 0 aliphatic rings. The largest absolute Gasteiger partial charge is 0.573 e. The van der Waals surface area contributed by atoms with E-state index in [1.54, 1.807) is 12.3 Å². The number of hydrogen-bond donors (Lipinski definition) is 0. The van der Waals surface area contributed by atoms with E-state index in [1.807, 2.05) is 6.07 Å². The highest BCUT2D eigenvalue weighted by atomic mass is 19.4. The average molecular weight is 430 g/mol. The van der Waals surface area contributed by atoms with Gasteiger partial charge in [0.25, 0.3) is 0 Å². The molecule has 2 aromatic heterocycles. The van der Waals surface area contributed by atoms with Crippen LogP contribution in [0.25, 0.3) is 11.4 Å². The van der Waals surface area contributed by atoms with Crippen LogP contribution in [0, 0.1) is 0 Å². The lowest BCUT2D eigenvalue weighted by Gasteiger charge is -2.27. The van der Waals surface area contributed by atoms with Crippen molar-refractivity contribution in [3.63, 3.8) is 0 Å². The molecule has 0 N–H and O–H groups in total. The second kappa shape index (κ2) is 9.12. The predicted molar refractivity (Wildman–Crippen MR) is 117 cm³/mol. The smallest absolute Gasteiger partial charge is 0.431 e. The molecule has 0 saturated carbocycles. The van der Waals surface area contributed by atoms with Gasteiger partial charge in [0, 0.05) is 24.1 Å². The summed E-state index contributed by atoms with van der Waals surface area (Å²) in [6.07, 6.45) is 0.274. The zero-order valence-corrected chi connectivity index (χ0v) is 18.4. The minimum absolute atomic E-state index is 0.0576. The van der Waals surface area contributed by atoms with Crippen molar-refractivity contribution in [2.75, 3.05) is 11.4 Å². The first kappa shape index (κ1) is 22.8. The maximum atomic E-state index is 12.9. The van der Waals surface area contributed by atoms with Crippen LogP contribution in [0.5, 0.6) is 0 Å². The van der Waals surface area contributed by atoms with Crippen LogP contribution in [0.2, 0.25) is 0 Å². The summed E-state index contributed by atoms with van der Waals surface area (Å²) in [7, 11) is 0. The van der Waals surface area contributed by atoms with Crippen LogP contribution >= 0.6 is 0 Å². The molecule has 31 heavy (non-hydrogen) atoms. The van der Waals surface area contributed by atoms with E-state index in [1.165, 1.54) is 5.56 Å². The van der Waals surface area contributed by atoms with Gasteiger partial charge in [0.1, 0.15) is 5.69 Å². The summed E-state index contributed by atoms with van der Waals surface area (Å²) in [6.45, 7) is 9.47. The highest BCUT2D eigenvalue weighted by molar-refractivity contribution is 5.68. The third kappa shape index (κ3) is 5.66. The highest BCUT2D eigenvalue weighted by Gasteiger charge is 2.31. The summed E-state index contributed by atoms with van der Waals surface area (Å²) in [5, 5.41) is 6.95. The zero-order chi connectivity index (χ0) is 22.6. The third-order valence-corrected chi connectivity index (χ3v) is 5.18. The first-order chi connectivity index (χ1) is 14.6. The summed E-state index contributed by atoms with van der Waals surface area (Å²) in [5.74, 6) is 0. The van der Waals surface area contributed by atoms with Crippen molar-refractivity contribution in [3.05, 3.63) is 59.9 Å². The van der Waals surface area contributed by atoms with Gasteiger partial charge in [0.2, 0.25) is 0 Å². The fourth-order valence-electron chi connectivity index (χ4n) is 3.35. The Morgan fingerprint density at radius 2 is 1.65 bits per heavy atom. The van der Waals surface area contributed by atoms with Crippen LogP contribution in [0.15, 0.2) is 48.7 Å². The fourth-order valence-corrected chi connectivity index (χ4v) is 3.35. The van der Waals surface area contributed by atoms with E-state index in [0.29, 0.717) is 5.69 Å². The second-order valence-corrected chi connectivity index (χ2v) is 8.67. The maximum absolute atomic E-state index is 12.9. The number of rotatable bonds is 7. The Morgan fingerprint density at radius 1 is 0.935 bits per heavy atom. The van der Waals surface area contributed by atoms with Crippen LogP contribution in [-0.4, -0.2) is 16.6 Å². The SMILES string of the molecule is CCCCCN(c1ccc(C(C)(C)C)cc1)c1ccnc(-c2cc(C(F)(F)F)n[n-]2)c1. The topological polar surface area (TPSA) is 43.1 Å². The second-order valence-electron chi connectivity index (χ2n) is 8.67. The van der Waals surface area contributed by atoms with Crippen molar-refractivity contribution in [1.82, 2.24) is 15.2 Å². The summed E-state index contributed by atoms with van der Waals surface area (Å²) < 4.78 is 38.7. The van der Waals surface area contributed by atoms with E-state index >= 15 is 0 Å². The van der Waals surface area contributed by atoms with E-state index in [0.717, 1.165) is 43.2 Å². The molecule has 0 aliphatic carbocycles. The lowest BCUT2D eigenvalue weighted by atomic mass is 9.87. The molecule has 1 aromatic carbocycles. The standard InChI is InChI=1S/C24H28F3N4/c1-5-6-7-14-31(18-10-8-17(9-11-18)23(2,3)4)19-12-13-28-20(15-19)21-16-22(30-29-21)24(25,26)27/h8-13,15-16H,5-7,14H2,1-4H3/q-1. The monoisotopic (exact) mass is 429 g/mol. The van der Waals surface area contributed by atoms with Gasteiger partial charge in [-0.15, -0.1) is 0 Å². The van der Waals surface area contributed by atoms with E-state index in [-0.39, 0.29) is 11.1 Å². The number of halogens is 3. The number of pyridine rings is 1. The number of anilines is 2. The molecule has 4 nitrogen and oxygen atoms in total. The highest BCUT2D eigenvalue weighted by Crippen LogP contribution is 2.33. The van der Waals surface area contributed by atoms with E-state index < -0.39 is 11.9 Å². The van der Waals surface area contributed by atoms with Crippen LogP contribution < -0.4 is 10.00 Å². The molecule has 3 aromatic rings. The maximum Gasteiger partial charge on any atom is 0.431 e. The van der Waals surface area contributed by atoms with Gasteiger partial charge in [-0.3, -0.25) is 4.98 Å². The molecule has 0 radical (unpaired) electrons. The van der Waals surface area contributed by atoms with Gasteiger partial charge >= 0.3 is 6.18 Å². The van der Waals surface area contributed by atoms with Gasteiger partial charge in [-0.25, -0.2) is 0 Å². The predicted octanol–water partition coefficient (Wildman–Crippen LogP) is 6.75. The number of benzene rings is 1. The Morgan fingerprint density at radius 3 is 2.23 bits per heavy atom. The molecule has 3 rings (SSSR count). The quantitative estimate of drug-likeness (QED) is 0.390.